The Balaban J connectivity index is 1.39. The van der Waals surface area contributed by atoms with E-state index >= 15 is 0 Å². The molecule has 0 radical (unpaired) electrons. The zero-order valence-electron chi connectivity index (χ0n) is 21.4. The lowest BCUT2D eigenvalue weighted by Crippen LogP contribution is -1.94. The van der Waals surface area contributed by atoms with Gasteiger partial charge in [-0.15, -0.1) is 11.3 Å². The summed E-state index contributed by atoms with van der Waals surface area (Å²) in [4.78, 5) is 0. The summed E-state index contributed by atoms with van der Waals surface area (Å²) in [6.45, 7) is 0. The van der Waals surface area contributed by atoms with Gasteiger partial charge < -0.3 is 4.42 Å². The number of nitriles is 1. The average Bonchev–Trinajstić information content (AvgIpc) is 3.58. The van der Waals surface area contributed by atoms with Crippen LogP contribution in [0, 0.1) is 11.3 Å². The molecule has 0 unspecified atom stereocenters. The molecule has 0 aliphatic rings. The van der Waals surface area contributed by atoms with E-state index in [1.165, 1.54) is 20.2 Å². The van der Waals surface area contributed by atoms with Gasteiger partial charge in [-0.1, -0.05) is 91.0 Å². The Morgan fingerprint density at radius 3 is 2.02 bits per heavy atom. The minimum atomic E-state index is 0.672. The van der Waals surface area contributed by atoms with Crippen molar-refractivity contribution in [2.24, 2.45) is 0 Å². The van der Waals surface area contributed by atoms with Crippen LogP contribution in [0.15, 0.2) is 132 Å². The van der Waals surface area contributed by atoms with Crippen molar-refractivity contribution in [3.63, 3.8) is 0 Å². The smallest absolute Gasteiger partial charge is 0.135 e. The van der Waals surface area contributed by atoms with Gasteiger partial charge in [-0.25, -0.2) is 0 Å². The number of nitrogens with zero attached hydrogens (tertiary/aromatic N) is 1. The second-order valence-electron chi connectivity index (χ2n) is 10.0. The SMILES string of the molecule is N#Cc1c(-c2ccc3oc4ccccc4c3c2)ccc(-c2ccc3sc4ccccc4c3c2)c1-c1ccccc1. The summed E-state index contributed by atoms with van der Waals surface area (Å²) in [5.41, 5.74) is 8.45. The van der Waals surface area contributed by atoms with Crippen LogP contribution in [0.1, 0.15) is 5.56 Å². The number of benzene rings is 6. The lowest BCUT2D eigenvalue weighted by atomic mass is 9.86. The lowest BCUT2D eigenvalue weighted by Gasteiger charge is -2.16. The van der Waals surface area contributed by atoms with Gasteiger partial charge in [0.05, 0.1) is 5.56 Å². The maximum Gasteiger partial charge on any atom is 0.135 e. The molecule has 0 atom stereocenters. The molecule has 6 aromatic carbocycles. The Labute approximate surface area is 235 Å². The summed E-state index contributed by atoms with van der Waals surface area (Å²) < 4.78 is 8.62. The van der Waals surface area contributed by atoms with E-state index in [4.69, 9.17) is 4.42 Å². The third kappa shape index (κ3) is 3.48. The summed E-state index contributed by atoms with van der Waals surface area (Å²) >= 11 is 1.82. The fraction of sp³-hybridized carbons (Fsp3) is 0. The molecule has 8 rings (SSSR count). The first kappa shape index (κ1) is 22.8. The molecule has 8 aromatic rings. The van der Waals surface area contributed by atoms with E-state index in [0.29, 0.717) is 5.56 Å². The van der Waals surface area contributed by atoms with Gasteiger partial charge in [0, 0.05) is 42.1 Å². The van der Waals surface area contributed by atoms with Crippen molar-refractivity contribution in [1.29, 1.82) is 5.26 Å². The lowest BCUT2D eigenvalue weighted by molar-refractivity contribution is 0.669. The van der Waals surface area contributed by atoms with Crippen LogP contribution in [-0.2, 0) is 0 Å². The Kier molecular flexibility index (Phi) is 5.10. The van der Waals surface area contributed by atoms with Crippen LogP contribution < -0.4 is 0 Å². The van der Waals surface area contributed by atoms with Gasteiger partial charge in [-0.05, 0) is 58.7 Å². The van der Waals surface area contributed by atoms with Crippen LogP contribution in [0.25, 0.3) is 75.5 Å². The molecule has 186 valence electrons. The van der Waals surface area contributed by atoms with Crippen molar-refractivity contribution in [2.45, 2.75) is 0 Å². The highest BCUT2D eigenvalue weighted by Crippen LogP contribution is 2.43. The van der Waals surface area contributed by atoms with E-state index in [2.05, 4.69) is 91.0 Å². The zero-order chi connectivity index (χ0) is 26.6. The normalized spacial score (nSPS) is 11.5. The van der Waals surface area contributed by atoms with Crippen LogP contribution in [-0.4, -0.2) is 0 Å². The maximum atomic E-state index is 10.7. The second kappa shape index (κ2) is 8.95. The van der Waals surface area contributed by atoms with E-state index < -0.39 is 0 Å². The van der Waals surface area contributed by atoms with Crippen molar-refractivity contribution in [1.82, 2.24) is 0 Å². The van der Waals surface area contributed by atoms with Crippen LogP contribution in [0.4, 0.5) is 0 Å². The van der Waals surface area contributed by atoms with E-state index in [1.54, 1.807) is 0 Å². The molecule has 0 saturated carbocycles. The molecule has 0 amide bonds. The zero-order valence-corrected chi connectivity index (χ0v) is 22.2. The van der Waals surface area contributed by atoms with E-state index in [9.17, 15) is 5.26 Å². The molecule has 3 heteroatoms. The van der Waals surface area contributed by atoms with Crippen LogP contribution in [0.5, 0.6) is 0 Å². The third-order valence-corrected chi connectivity index (χ3v) is 8.91. The third-order valence-electron chi connectivity index (χ3n) is 7.76. The summed E-state index contributed by atoms with van der Waals surface area (Å²) in [6, 6.07) is 46.7. The van der Waals surface area contributed by atoms with Crippen LogP contribution in [0.3, 0.4) is 0 Å². The minimum Gasteiger partial charge on any atom is -0.456 e. The van der Waals surface area contributed by atoms with Gasteiger partial charge >= 0.3 is 0 Å². The molecule has 0 aliphatic heterocycles. The quantitative estimate of drug-likeness (QED) is 0.229. The summed E-state index contributed by atoms with van der Waals surface area (Å²) in [6.07, 6.45) is 0. The summed E-state index contributed by atoms with van der Waals surface area (Å²) in [5.74, 6) is 0. The first-order valence-electron chi connectivity index (χ1n) is 13.2. The molecular weight excluding hydrogens is 506 g/mol. The molecule has 0 bridgehead atoms. The summed E-state index contributed by atoms with van der Waals surface area (Å²) in [5, 5.41) is 15.3. The Bertz CT molecular complexity index is 2280. The fourth-order valence-electron chi connectivity index (χ4n) is 5.89. The number of hydrogen-bond donors (Lipinski definition) is 0. The van der Waals surface area contributed by atoms with E-state index in [-0.39, 0.29) is 0 Å². The number of hydrogen-bond acceptors (Lipinski definition) is 3. The predicted octanol–water partition coefficient (Wildman–Crippen LogP) is 10.8. The fourth-order valence-corrected chi connectivity index (χ4v) is 6.98. The summed E-state index contributed by atoms with van der Waals surface area (Å²) in [7, 11) is 0. The number of fused-ring (bicyclic) bond motifs is 6. The van der Waals surface area contributed by atoms with E-state index in [1.807, 2.05) is 53.8 Å². The standard InChI is InChI=1S/C37H21NOS/c38-22-32-26(24-14-18-34-30(20-24)28-10-4-6-12-33(28)39-34)16-17-27(37(32)23-8-2-1-3-9-23)25-15-19-36-31(21-25)29-11-5-7-13-35(29)40-36/h1-21H. The molecule has 2 aromatic heterocycles. The van der Waals surface area contributed by atoms with Crippen molar-refractivity contribution in [3.05, 3.63) is 133 Å². The van der Waals surface area contributed by atoms with Crippen molar-refractivity contribution in [3.8, 4) is 39.4 Å². The van der Waals surface area contributed by atoms with Gasteiger partial charge in [0.25, 0.3) is 0 Å². The molecule has 2 nitrogen and oxygen atoms in total. The number of thiophene rings is 1. The van der Waals surface area contributed by atoms with Gasteiger partial charge in [-0.3, -0.25) is 0 Å². The van der Waals surface area contributed by atoms with Gasteiger partial charge in [0.15, 0.2) is 0 Å². The minimum absolute atomic E-state index is 0.672. The molecular formula is C37H21NOS. The first-order chi connectivity index (χ1) is 19.8. The Morgan fingerprint density at radius 2 is 1.15 bits per heavy atom. The first-order valence-corrected chi connectivity index (χ1v) is 14.1. The molecule has 0 fully saturated rings. The number of para-hydroxylation sites is 1. The molecule has 2 heterocycles. The number of rotatable bonds is 3. The molecule has 0 saturated heterocycles. The molecule has 0 N–H and O–H groups in total. The predicted molar refractivity (Wildman–Crippen MR) is 168 cm³/mol. The molecule has 40 heavy (non-hydrogen) atoms. The number of furan rings is 1. The maximum absolute atomic E-state index is 10.7. The highest BCUT2D eigenvalue weighted by atomic mass is 32.1. The van der Waals surface area contributed by atoms with Crippen LogP contribution in [0.2, 0.25) is 0 Å². The van der Waals surface area contributed by atoms with Gasteiger partial charge in [0.2, 0.25) is 0 Å². The highest BCUT2D eigenvalue weighted by molar-refractivity contribution is 7.25. The van der Waals surface area contributed by atoms with Crippen molar-refractivity contribution < 1.29 is 4.42 Å². The largest absolute Gasteiger partial charge is 0.456 e. The van der Waals surface area contributed by atoms with Crippen molar-refractivity contribution >= 4 is 53.4 Å². The van der Waals surface area contributed by atoms with Gasteiger partial charge in [0.1, 0.15) is 17.2 Å². The Hall–Kier alpha value is -5.17. The average molecular weight is 528 g/mol. The van der Waals surface area contributed by atoms with E-state index in [0.717, 1.165) is 55.3 Å². The highest BCUT2D eigenvalue weighted by Gasteiger charge is 2.19. The van der Waals surface area contributed by atoms with Crippen molar-refractivity contribution in [2.75, 3.05) is 0 Å². The topological polar surface area (TPSA) is 36.9 Å². The molecule has 0 spiro atoms. The van der Waals surface area contributed by atoms with Crippen LogP contribution >= 0.6 is 11.3 Å². The van der Waals surface area contributed by atoms with Gasteiger partial charge in [-0.2, -0.15) is 5.26 Å². The monoisotopic (exact) mass is 527 g/mol. The molecule has 0 aliphatic carbocycles. The Morgan fingerprint density at radius 1 is 0.500 bits per heavy atom. The second-order valence-corrected chi connectivity index (χ2v) is 11.1.